The molecule has 0 radical (unpaired) electrons. The highest BCUT2D eigenvalue weighted by atomic mass is 32.2. The maximum absolute atomic E-state index is 13.5. The number of aryl methyl sites for hydroxylation is 1. The number of nitrogens with zero attached hydrogens (tertiary/aromatic N) is 4. The Balaban J connectivity index is 1.81. The van der Waals surface area contributed by atoms with Gasteiger partial charge in [-0.15, -0.1) is 10.2 Å². The molecule has 0 bridgehead atoms. The zero-order chi connectivity index (χ0) is 18.9. The van der Waals surface area contributed by atoms with Crippen LogP contribution in [0, 0.1) is 6.92 Å². The highest BCUT2D eigenvalue weighted by molar-refractivity contribution is 7.92. The molecule has 136 valence electrons. The third kappa shape index (κ3) is 3.41. The molecule has 0 spiro atoms. The van der Waals surface area contributed by atoms with Crippen LogP contribution in [0.2, 0.25) is 0 Å². The summed E-state index contributed by atoms with van der Waals surface area (Å²) < 4.78 is 29.9. The molecule has 2 aromatic heterocycles. The maximum Gasteiger partial charge on any atom is 0.266 e. The van der Waals surface area contributed by atoms with E-state index < -0.39 is 10.0 Å². The van der Waals surface area contributed by atoms with E-state index in [1.54, 1.807) is 16.5 Å². The van der Waals surface area contributed by atoms with Gasteiger partial charge in [-0.2, -0.15) is 0 Å². The van der Waals surface area contributed by atoms with Crippen LogP contribution in [0.1, 0.15) is 11.1 Å². The van der Waals surface area contributed by atoms with Gasteiger partial charge in [0.2, 0.25) is 0 Å². The Kier molecular flexibility index (Phi) is 4.37. The van der Waals surface area contributed by atoms with Crippen LogP contribution in [0.4, 0.5) is 5.69 Å². The number of anilines is 1. The molecule has 0 aliphatic carbocycles. The topological polar surface area (TPSA) is 67.6 Å². The molecule has 0 saturated carbocycles. The van der Waals surface area contributed by atoms with E-state index in [1.165, 1.54) is 16.8 Å². The summed E-state index contributed by atoms with van der Waals surface area (Å²) in [6, 6.07) is 20.2. The van der Waals surface area contributed by atoms with Crippen molar-refractivity contribution in [3.05, 3.63) is 90.4 Å². The van der Waals surface area contributed by atoms with Crippen molar-refractivity contribution in [2.75, 3.05) is 4.31 Å². The molecule has 0 fully saturated rings. The Morgan fingerprint density at radius 1 is 0.963 bits per heavy atom. The Morgan fingerprint density at radius 3 is 2.44 bits per heavy atom. The van der Waals surface area contributed by atoms with E-state index >= 15 is 0 Å². The van der Waals surface area contributed by atoms with Crippen molar-refractivity contribution in [2.45, 2.75) is 18.4 Å². The minimum Gasteiger partial charge on any atom is -0.288 e. The molecular formula is C20H18N4O2S. The molecule has 0 atom stereocenters. The average Bonchev–Trinajstić information content (AvgIpc) is 3.15. The molecule has 0 unspecified atom stereocenters. The fraction of sp³-hybridized carbons (Fsp3) is 0.100. The Bertz CT molecular complexity index is 1170. The molecule has 0 aliphatic rings. The molecule has 6 nitrogen and oxygen atoms in total. The molecule has 27 heavy (non-hydrogen) atoms. The lowest BCUT2D eigenvalue weighted by atomic mass is 10.2. The summed E-state index contributed by atoms with van der Waals surface area (Å²) in [5.41, 5.74) is 3.20. The first-order chi connectivity index (χ1) is 13.0. The predicted octanol–water partition coefficient (Wildman–Crippen LogP) is 3.43. The summed E-state index contributed by atoms with van der Waals surface area (Å²) in [7, 11) is -3.78. The Hall–Kier alpha value is -3.19. The molecule has 0 amide bonds. The third-order valence-electron chi connectivity index (χ3n) is 4.34. The molecule has 0 N–H and O–H groups in total. The second-order valence-electron chi connectivity index (χ2n) is 6.29. The predicted molar refractivity (Wildman–Crippen MR) is 104 cm³/mol. The lowest BCUT2D eigenvalue weighted by molar-refractivity contribution is 0.590. The summed E-state index contributed by atoms with van der Waals surface area (Å²) in [4.78, 5) is 0.186. The highest BCUT2D eigenvalue weighted by Crippen LogP contribution is 2.26. The molecule has 0 saturated heterocycles. The molecule has 4 aromatic rings. The molecule has 7 heteroatoms. The Labute approximate surface area is 157 Å². The number of benzene rings is 2. The minimum absolute atomic E-state index is 0.186. The highest BCUT2D eigenvalue weighted by Gasteiger charge is 2.26. The lowest BCUT2D eigenvalue weighted by Crippen LogP contribution is -2.30. The number of hydrogen-bond acceptors (Lipinski definition) is 4. The van der Waals surface area contributed by atoms with Crippen LogP contribution in [-0.2, 0) is 16.6 Å². The van der Waals surface area contributed by atoms with Gasteiger partial charge in [-0.05, 0) is 36.8 Å². The number of aromatic nitrogens is 3. The fourth-order valence-corrected chi connectivity index (χ4v) is 4.32. The second kappa shape index (κ2) is 6.85. The van der Waals surface area contributed by atoms with E-state index in [0.29, 0.717) is 11.3 Å². The fourth-order valence-electron chi connectivity index (χ4n) is 2.86. The van der Waals surface area contributed by atoms with Crippen molar-refractivity contribution in [2.24, 2.45) is 0 Å². The van der Waals surface area contributed by atoms with Crippen molar-refractivity contribution in [1.29, 1.82) is 0 Å². The van der Waals surface area contributed by atoms with Crippen LogP contribution < -0.4 is 4.31 Å². The number of pyridine rings is 1. The summed E-state index contributed by atoms with van der Waals surface area (Å²) in [5, 5.41) is 7.74. The van der Waals surface area contributed by atoms with Crippen molar-refractivity contribution in [3.8, 4) is 0 Å². The van der Waals surface area contributed by atoms with Crippen LogP contribution in [0.5, 0.6) is 0 Å². The first-order valence-electron chi connectivity index (χ1n) is 8.47. The number of hydrogen-bond donors (Lipinski definition) is 0. The monoisotopic (exact) mass is 378 g/mol. The quantitative estimate of drug-likeness (QED) is 0.534. The first-order valence-corrected chi connectivity index (χ1v) is 9.91. The smallest absolute Gasteiger partial charge is 0.266 e. The normalized spacial score (nSPS) is 11.6. The molecule has 4 rings (SSSR count). The Morgan fingerprint density at radius 2 is 1.70 bits per heavy atom. The van der Waals surface area contributed by atoms with E-state index in [-0.39, 0.29) is 11.4 Å². The lowest BCUT2D eigenvalue weighted by Gasteiger charge is -2.25. The summed E-state index contributed by atoms with van der Waals surface area (Å²) >= 11 is 0. The average molecular weight is 378 g/mol. The molecule has 2 aromatic carbocycles. The van der Waals surface area contributed by atoms with Gasteiger partial charge in [-0.1, -0.05) is 48.0 Å². The van der Waals surface area contributed by atoms with Gasteiger partial charge in [-0.25, -0.2) is 8.42 Å². The van der Waals surface area contributed by atoms with Gasteiger partial charge in [0.15, 0.2) is 5.65 Å². The van der Waals surface area contributed by atoms with E-state index in [9.17, 15) is 8.42 Å². The van der Waals surface area contributed by atoms with Crippen LogP contribution >= 0.6 is 0 Å². The van der Waals surface area contributed by atoms with Crippen LogP contribution in [0.25, 0.3) is 5.65 Å². The van der Waals surface area contributed by atoms with Gasteiger partial charge in [0.05, 0.1) is 12.2 Å². The van der Waals surface area contributed by atoms with Gasteiger partial charge in [-0.3, -0.25) is 8.71 Å². The summed E-state index contributed by atoms with van der Waals surface area (Å²) in [5.74, 6) is 0. The van der Waals surface area contributed by atoms with Crippen molar-refractivity contribution >= 4 is 21.4 Å². The van der Waals surface area contributed by atoms with Gasteiger partial charge < -0.3 is 0 Å². The second-order valence-corrected chi connectivity index (χ2v) is 8.16. The van der Waals surface area contributed by atoms with Crippen LogP contribution in [0.15, 0.2) is 84.1 Å². The van der Waals surface area contributed by atoms with Crippen LogP contribution in [0.3, 0.4) is 0 Å². The zero-order valence-corrected chi connectivity index (χ0v) is 15.5. The number of sulfonamides is 1. The molecule has 0 aliphatic heterocycles. The first kappa shape index (κ1) is 17.2. The van der Waals surface area contributed by atoms with Gasteiger partial charge >= 0.3 is 0 Å². The largest absolute Gasteiger partial charge is 0.288 e. The van der Waals surface area contributed by atoms with Crippen molar-refractivity contribution < 1.29 is 8.42 Å². The molecule has 2 heterocycles. The number of fused-ring (bicyclic) bond motifs is 1. The van der Waals surface area contributed by atoms with Gasteiger partial charge in [0.25, 0.3) is 10.0 Å². The van der Waals surface area contributed by atoms with Gasteiger partial charge in [0, 0.05) is 6.20 Å². The SMILES string of the molecule is Cc1ccc(N(Cc2ccccc2)S(=O)(=O)c2ccc3nncn3c2)cc1. The zero-order valence-electron chi connectivity index (χ0n) is 14.7. The van der Waals surface area contributed by atoms with E-state index in [1.807, 2.05) is 61.5 Å². The minimum atomic E-state index is -3.78. The summed E-state index contributed by atoms with van der Waals surface area (Å²) in [6.45, 7) is 2.21. The maximum atomic E-state index is 13.5. The molecular weight excluding hydrogens is 360 g/mol. The van der Waals surface area contributed by atoms with Crippen LogP contribution in [-0.4, -0.2) is 23.0 Å². The summed E-state index contributed by atoms with van der Waals surface area (Å²) in [6.07, 6.45) is 3.03. The standard InChI is InChI=1S/C20H18N4O2S/c1-16-7-9-18(10-8-16)24(13-17-5-3-2-4-6-17)27(25,26)19-11-12-20-22-21-15-23(20)14-19/h2-12,14-15H,13H2,1H3. The number of rotatable bonds is 5. The van der Waals surface area contributed by atoms with Gasteiger partial charge in [0.1, 0.15) is 11.2 Å². The van der Waals surface area contributed by atoms with Crippen molar-refractivity contribution in [3.63, 3.8) is 0 Å². The van der Waals surface area contributed by atoms with E-state index in [0.717, 1.165) is 11.1 Å². The van der Waals surface area contributed by atoms with E-state index in [2.05, 4.69) is 10.2 Å². The van der Waals surface area contributed by atoms with E-state index in [4.69, 9.17) is 0 Å². The third-order valence-corrected chi connectivity index (χ3v) is 6.10. The van der Waals surface area contributed by atoms with Crippen molar-refractivity contribution in [1.82, 2.24) is 14.6 Å².